The molecule has 0 spiro atoms. The van der Waals surface area contributed by atoms with E-state index >= 15 is 0 Å². The Morgan fingerprint density at radius 2 is 1.84 bits per heavy atom. The Morgan fingerprint density at radius 1 is 1.21 bits per heavy atom. The highest BCUT2D eigenvalue weighted by atomic mass is 32.2. The fraction of sp³-hybridized carbons (Fsp3) is 0.462. The van der Waals surface area contributed by atoms with Crippen molar-refractivity contribution < 1.29 is 13.2 Å². The first-order valence-electron chi connectivity index (χ1n) is 6.14. The number of rotatable bonds is 7. The van der Waals surface area contributed by atoms with Crippen LogP contribution in [0.5, 0.6) is 0 Å². The second kappa shape index (κ2) is 7.25. The van der Waals surface area contributed by atoms with Gasteiger partial charge in [0.15, 0.2) is 9.84 Å². The molecule has 5 nitrogen and oxygen atoms in total. The number of amides is 1. The highest BCUT2D eigenvalue weighted by Gasteiger charge is 2.06. The number of nitrogens with one attached hydrogen (secondary N) is 2. The summed E-state index contributed by atoms with van der Waals surface area (Å²) < 4.78 is 22.6. The van der Waals surface area contributed by atoms with E-state index in [9.17, 15) is 13.2 Å². The molecule has 0 radical (unpaired) electrons. The van der Waals surface area contributed by atoms with E-state index in [0.717, 1.165) is 18.5 Å². The van der Waals surface area contributed by atoms with Gasteiger partial charge in [-0.1, -0.05) is 12.1 Å². The summed E-state index contributed by atoms with van der Waals surface area (Å²) in [5.41, 5.74) is 0.884. The van der Waals surface area contributed by atoms with Crippen molar-refractivity contribution in [1.29, 1.82) is 0 Å². The molecule has 0 aromatic heterocycles. The van der Waals surface area contributed by atoms with Crippen LogP contribution >= 0.6 is 0 Å². The van der Waals surface area contributed by atoms with Crippen LogP contribution in [0.15, 0.2) is 29.2 Å². The van der Waals surface area contributed by atoms with Gasteiger partial charge in [-0.15, -0.1) is 0 Å². The molecule has 1 rings (SSSR count). The van der Waals surface area contributed by atoms with E-state index in [1.165, 1.54) is 6.26 Å². The van der Waals surface area contributed by atoms with Gasteiger partial charge in [0.05, 0.1) is 4.90 Å². The number of hydrogen-bond donors (Lipinski definition) is 2. The zero-order valence-corrected chi connectivity index (χ0v) is 12.1. The van der Waals surface area contributed by atoms with Crippen molar-refractivity contribution in [2.24, 2.45) is 0 Å². The molecule has 0 aliphatic heterocycles. The standard InChI is InChI=1S/C13H20N2O3S/c1-14-9-3-4-13(16)15-10-11-5-7-12(8-6-11)19(2,17)18/h5-8,14H,3-4,9-10H2,1-2H3,(H,15,16). The van der Waals surface area contributed by atoms with Crippen molar-refractivity contribution in [2.75, 3.05) is 19.8 Å². The summed E-state index contributed by atoms with van der Waals surface area (Å²) in [6.07, 6.45) is 2.46. The normalized spacial score (nSPS) is 11.3. The van der Waals surface area contributed by atoms with Crippen LogP contribution in [0.4, 0.5) is 0 Å². The molecule has 0 unspecified atom stereocenters. The number of hydrogen-bond acceptors (Lipinski definition) is 4. The number of sulfone groups is 1. The smallest absolute Gasteiger partial charge is 0.220 e. The number of benzene rings is 1. The van der Waals surface area contributed by atoms with Crippen LogP contribution < -0.4 is 10.6 Å². The molecule has 0 fully saturated rings. The van der Waals surface area contributed by atoms with Crippen molar-refractivity contribution in [2.45, 2.75) is 24.3 Å². The highest BCUT2D eigenvalue weighted by molar-refractivity contribution is 7.90. The second-order valence-electron chi connectivity index (χ2n) is 4.40. The van der Waals surface area contributed by atoms with Crippen molar-refractivity contribution in [3.8, 4) is 0 Å². The topological polar surface area (TPSA) is 75.3 Å². The van der Waals surface area contributed by atoms with Crippen LogP contribution in [0.2, 0.25) is 0 Å². The first kappa shape index (κ1) is 15.7. The Labute approximate surface area is 114 Å². The summed E-state index contributed by atoms with van der Waals surface area (Å²) in [6.45, 7) is 1.24. The average Bonchev–Trinajstić information content (AvgIpc) is 2.36. The maximum absolute atomic E-state index is 11.5. The highest BCUT2D eigenvalue weighted by Crippen LogP contribution is 2.10. The molecule has 106 valence electrons. The van der Waals surface area contributed by atoms with Gasteiger partial charge in [-0.05, 0) is 37.7 Å². The van der Waals surface area contributed by atoms with Crippen LogP contribution in [-0.2, 0) is 21.2 Å². The molecule has 0 heterocycles. The molecule has 6 heteroatoms. The van der Waals surface area contributed by atoms with Gasteiger partial charge in [-0.25, -0.2) is 8.42 Å². The predicted molar refractivity (Wildman–Crippen MR) is 74.6 cm³/mol. The molecule has 0 atom stereocenters. The van der Waals surface area contributed by atoms with Gasteiger partial charge >= 0.3 is 0 Å². The monoisotopic (exact) mass is 284 g/mol. The van der Waals surface area contributed by atoms with Crippen molar-refractivity contribution in [3.63, 3.8) is 0 Å². The predicted octanol–water partition coefficient (Wildman–Crippen LogP) is 0.706. The number of carbonyl (C=O) groups excluding carboxylic acids is 1. The van der Waals surface area contributed by atoms with E-state index < -0.39 is 9.84 Å². The van der Waals surface area contributed by atoms with E-state index in [0.29, 0.717) is 13.0 Å². The molecular weight excluding hydrogens is 264 g/mol. The van der Waals surface area contributed by atoms with Gasteiger partial charge < -0.3 is 10.6 Å². The average molecular weight is 284 g/mol. The largest absolute Gasteiger partial charge is 0.352 e. The van der Waals surface area contributed by atoms with Crippen LogP contribution in [0.25, 0.3) is 0 Å². The lowest BCUT2D eigenvalue weighted by atomic mass is 10.2. The molecule has 0 bridgehead atoms. The van der Waals surface area contributed by atoms with Crippen molar-refractivity contribution in [3.05, 3.63) is 29.8 Å². The third kappa shape index (κ3) is 5.85. The molecule has 19 heavy (non-hydrogen) atoms. The molecule has 0 saturated carbocycles. The molecule has 1 amide bonds. The molecule has 0 saturated heterocycles. The Bertz CT molecular complexity index is 509. The minimum Gasteiger partial charge on any atom is -0.352 e. The maximum Gasteiger partial charge on any atom is 0.220 e. The Morgan fingerprint density at radius 3 is 2.37 bits per heavy atom. The molecule has 1 aromatic carbocycles. The third-order valence-electron chi connectivity index (χ3n) is 2.67. The molecule has 0 aliphatic rings. The maximum atomic E-state index is 11.5. The molecular formula is C13H20N2O3S. The summed E-state index contributed by atoms with van der Waals surface area (Å²) in [6, 6.07) is 6.53. The van der Waals surface area contributed by atoms with Gasteiger partial charge in [0.2, 0.25) is 5.91 Å². The number of carbonyl (C=O) groups is 1. The molecule has 0 aliphatic carbocycles. The zero-order valence-electron chi connectivity index (χ0n) is 11.3. The summed E-state index contributed by atoms with van der Waals surface area (Å²) in [7, 11) is -1.31. The second-order valence-corrected chi connectivity index (χ2v) is 6.42. The third-order valence-corrected chi connectivity index (χ3v) is 3.80. The molecule has 2 N–H and O–H groups in total. The van der Waals surface area contributed by atoms with E-state index in [4.69, 9.17) is 0 Å². The van der Waals surface area contributed by atoms with Crippen LogP contribution in [0.1, 0.15) is 18.4 Å². The lowest BCUT2D eigenvalue weighted by Gasteiger charge is -2.06. The SMILES string of the molecule is CNCCCC(=O)NCc1ccc(S(C)(=O)=O)cc1. The van der Waals surface area contributed by atoms with Crippen molar-refractivity contribution in [1.82, 2.24) is 10.6 Å². The Kier molecular flexibility index (Phi) is 5.98. The quantitative estimate of drug-likeness (QED) is 0.723. The Balaban J connectivity index is 2.44. The van der Waals surface area contributed by atoms with Gasteiger partial charge in [-0.3, -0.25) is 4.79 Å². The van der Waals surface area contributed by atoms with Gasteiger partial charge in [0.1, 0.15) is 0 Å². The van der Waals surface area contributed by atoms with Gasteiger partial charge in [0.25, 0.3) is 0 Å². The van der Waals surface area contributed by atoms with E-state index in [2.05, 4.69) is 10.6 Å². The molecule has 1 aromatic rings. The fourth-order valence-corrected chi connectivity index (χ4v) is 2.20. The van der Waals surface area contributed by atoms with Gasteiger partial charge in [0, 0.05) is 19.2 Å². The van der Waals surface area contributed by atoms with E-state index in [-0.39, 0.29) is 10.8 Å². The first-order valence-corrected chi connectivity index (χ1v) is 8.03. The zero-order chi connectivity index (χ0) is 14.3. The summed E-state index contributed by atoms with van der Waals surface area (Å²) in [5.74, 6) is 0.00226. The van der Waals surface area contributed by atoms with E-state index in [1.54, 1.807) is 24.3 Å². The first-order chi connectivity index (χ1) is 8.93. The van der Waals surface area contributed by atoms with Crippen LogP contribution in [-0.4, -0.2) is 34.2 Å². The van der Waals surface area contributed by atoms with Crippen LogP contribution in [0.3, 0.4) is 0 Å². The summed E-state index contributed by atoms with van der Waals surface area (Å²) >= 11 is 0. The van der Waals surface area contributed by atoms with E-state index in [1.807, 2.05) is 7.05 Å². The van der Waals surface area contributed by atoms with Crippen molar-refractivity contribution >= 4 is 15.7 Å². The van der Waals surface area contributed by atoms with Gasteiger partial charge in [-0.2, -0.15) is 0 Å². The minimum atomic E-state index is -3.16. The fourth-order valence-electron chi connectivity index (χ4n) is 1.57. The lowest BCUT2D eigenvalue weighted by molar-refractivity contribution is -0.121. The van der Waals surface area contributed by atoms with Crippen LogP contribution in [0, 0.1) is 0 Å². The summed E-state index contributed by atoms with van der Waals surface area (Å²) in [5, 5.41) is 5.78. The Hall–Kier alpha value is -1.40. The summed E-state index contributed by atoms with van der Waals surface area (Å²) in [4.78, 5) is 11.8. The minimum absolute atomic E-state index is 0.00226. The lowest BCUT2D eigenvalue weighted by Crippen LogP contribution is -2.23.